The summed E-state index contributed by atoms with van der Waals surface area (Å²) in [5.74, 6) is 2.23. The van der Waals surface area contributed by atoms with Crippen LogP contribution in [-0.4, -0.2) is 34.3 Å². The fourth-order valence-corrected chi connectivity index (χ4v) is 2.85. The van der Waals surface area contributed by atoms with Crippen LogP contribution in [-0.2, 0) is 6.42 Å². The van der Waals surface area contributed by atoms with Crippen LogP contribution in [0.3, 0.4) is 0 Å². The molecule has 0 aliphatic carbocycles. The van der Waals surface area contributed by atoms with Crippen molar-refractivity contribution in [3.05, 3.63) is 40.1 Å². The number of rotatable bonds is 3. The smallest absolute Gasteiger partial charge is 0.244 e. The van der Waals surface area contributed by atoms with Gasteiger partial charge >= 0.3 is 0 Å². The van der Waals surface area contributed by atoms with Crippen molar-refractivity contribution in [1.29, 1.82) is 0 Å². The van der Waals surface area contributed by atoms with Gasteiger partial charge in [-0.2, -0.15) is 4.98 Å². The Balaban J connectivity index is 1.67. The SMILES string of the molecule is CC1CCN(c2n[nH]c(Cc3ccc(Br)cc3)n2)CC1N. The topological polar surface area (TPSA) is 70.8 Å². The molecule has 0 saturated carbocycles. The van der Waals surface area contributed by atoms with Gasteiger partial charge < -0.3 is 10.6 Å². The molecule has 1 aromatic heterocycles. The lowest BCUT2D eigenvalue weighted by Crippen LogP contribution is -2.48. The summed E-state index contributed by atoms with van der Waals surface area (Å²) in [6.45, 7) is 4.01. The Bertz CT molecular complexity index is 594. The Morgan fingerprint density at radius 3 is 2.86 bits per heavy atom. The lowest BCUT2D eigenvalue weighted by molar-refractivity contribution is 0.376. The van der Waals surface area contributed by atoms with Crippen LogP contribution < -0.4 is 10.6 Å². The number of hydrogen-bond donors (Lipinski definition) is 2. The summed E-state index contributed by atoms with van der Waals surface area (Å²) >= 11 is 3.44. The predicted molar refractivity (Wildman–Crippen MR) is 87.3 cm³/mol. The summed E-state index contributed by atoms with van der Waals surface area (Å²) in [4.78, 5) is 6.78. The van der Waals surface area contributed by atoms with Crippen LogP contribution in [0.25, 0.3) is 0 Å². The molecular formula is C15H20BrN5. The Hall–Kier alpha value is -1.40. The first-order chi connectivity index (χ1) is 10.1. The predicted octanol–water partition coefficient (Wildman–Crippen LogP) is 2.33. The summed E-state index contributed by atoms with van der Waals surface area (Å²) in [6.07, 6.45) is 1.86. The minimum Gasteiger partial charge on any atom is -0.338 e. The quantitative estimate of drug-likeness (QED) is 0.891. The van der Waals surface area contributed by atoms with E-state index in [9.17, 15) is 0 Å². The largest absolute Gasteiger partial charge is 0.338 e. The highest BCUT2D eigenvalue weighted by molar-refractivity contribution is 9.10. The molecule has 21 heavy (non-hydrogen) atoms. The third-order valence-electron chi connectivity index (χ3n) is 4.10. The Labute approximate surface area is 133 Å². The molecule has 1 aliphatic heterocycles. The van der Waals surface area contributed by atoms with E-state index in [-0.39, 0.29) is 6.04 Å². The maximum Gasteiger partial charge on any atom is 0.244 e. The van der Waals surface area contributed by atoms with Crippen molar-refractivity contribution in [2.75, 3.05) is 18.0 Å². The number of aromatic amines is 1. The van der Waals surface area contributed by atoms with Gasteiger partial charge in [-0.05, 0) is 30.0 Å². The Morgan fingerprint density at radius 2 is 2.14 bits per heavy atom. The van der Waals surface area contributed by atoms with Crippen LogP contribution in [0, 0.1) is 5.92 Å². The van der Waals surface area contributed by atoms with E-state index in [4.69, 9.17) is 5.73 Å². The fourth-order valence-electron chi connectivity index (χ4n) is 2.58. The molecule has 1 fully saturated rings. The molecule has 0 spiro atoms. The number of nitrogens with one attached hydrogen (secondary N) is 1. The van der Waals surface area contributed by atoms with E-state index in [1.54, 1.807) is 0 Å². The van der Waals surface area contributed by atoms with E-state index in [1.165, 1.54) is 5.56 Å². The molecule has 0 radical (unpaired) electrons. The van der Waals surface area contributed by atoms with Gasteiger partial charge in [-0.15, -0.1) is 5.10 Å². The lowest BCUT2D eigenvalue weighted by Gasteiger charge is -2.34. The summed E-state index contributed by atoms with van der Waals surface area (Å²) in [7, 11) is 0. The number of piperidine rings is 1. The molecule has 6 heteroatoms. The van der Waals surface area contributed by atoms with Gasteiger partial charge in [0.15, 0.2) is 0 Å². The van der Waals surface area contributed by atoms with Crippen LogP contribution >= 0.6 is 15.9 Å². The van der Waals surface area contributed by atoms with Crippen molar-refractivity contribution in [2.24, 2.45) is 11.7 Å². The normalized spacial score (nSPS) is 22.5. The van der Waals surface area contributed by atoms with E-state index in [2.05, 4.69) is 55.1 Å². The second kappa shape index (κ2) is 6.15. The van der Waals surface area contributed by atoms with Gasteiger partial charge in [0.25, 0.3) is 0 Å². The first-order valence-corrected chi connectivity index (χ1v) is 8.07. The van der Waals surface area contributed by atoms with Crippen molar-refractivity contribution in [1.82, 2.24) is 15.2 Å². The minimum atomic E-state index is 0.201. The highest BCUT2D eigenvalue weighted by atomic mass is 79.9. The van der Waals surface area contributed by atoms with Crippen LogP contribution in [0.4, 0.5) is 5.95 Å². The standard InChI is InChI=1S/C15H20BrN5/c1-10-6-7-21(9-13(10)17)15-18-14(19-20-15)8-11-2-4-12(16)5-3-11/h2-5,10,13H,6-9,17H2,1H3,(H,18,19,20). The number of aromatic nitrogens is 3. The molecule has 2 heterocycles. The van der Waals surface area contributed by atoms with Crippen LogP contribution in [0.2, 0.25) is 0 Å². The van der Waals surface area contributed by atoms with E-state index < -0.39 is 0 Å². The number of nitrogens with two attached hydrogens (primary N) is 1. The molecule has 112 valence electrons. The number of hydrogen-bond acceptors (Lipinski definition) is 4. The lowest BCUT2D eigenvalue weighted by atomic mass is 9.95. The van der Waals surface area contributed by atoms with E-state index >= 15 is 0 Å². The maximum atomic E-state index is 6.14. The molecule has 2 unspecified atom stereocenters. The zero-order chi connectivity index (χ0) is 14.8. The molecule has 1 aromatic carbocycles. The molecule has 2 atom stereocenters. The molecule has 3 N–H and O–H groups in total. The van der Waals surface area contributed by atoms with Crippen LogP contribution in [0.1, 0.15) is 24.7 Å². The summed E-state index contributed by atoms with van der Waals surface area (Å²) in [5, 5.41) is 7.37. The van der Waals surface area contributed by atoms with Crippen LogP contribution in [0.15, 0.2) is 28.7 Å². The molecule has 1 aliphatic rings. The van der Waals surface area contributed by atoms with Crippen molar-refractivity contribution >= 4 is 21.9 Å². The first-order valence-electron chi connectivity index (χ1n) is 7.28. The summed E-state index contributed by atoms with van der Waals surface area (Å²) in [5.41, 5.74) is 7.35. The molecule has 3 rings (SSSR count). The van der Waals surface area contributed by atoms with Gasteiger partial charge in [0.2, 0.25) is 5.95 Å². The molecule has 1 saturated heterocycles. The average Bonchev–Trinajstić information content (AvgIpc) is 2.93. The summed E-state index contributed by atoms with van der Waals surface area (Å²) < 4.78 is 1.08. The number of benzene rings is 1. The second-order valence-electron chi connectivity index (χ2n) is 5.76. The zero-order valence-corrected chi connectivity index (χ0v) is 13.7. The first kappa shape index (κ1) is 14.5. The highest BCUT2D eigenvalue weighted by Crippen LogP contribution is 2.20. The van der Waals surface area contributed by atoms with E-state index in [0.717, 1.165) is 42.2 Å². The van der Waals surface area contributed by atoms with Crippen molar-refractivity contribution in [3.63, 3.8) is 0 Å². The zero-order valence-electron chi connectivity index (χ0n) is 12.1. The Morgan fingerprint density at radius 1 is 1.38 bits per heavy atom. The van der Waals surface area contributed by atoms with Crippen molar-refractivity contribution in [2.45, 2.75) is 25.8 Å². The Kier molecular flexibility index (Phi) is 4.26. The number of nitrogens with zero attached hydrogens (tertiary/aromatic N) is 3. The third-order valence-corrected chi connectivity index (χ3v) is 4.63. The minimum absolute atomic E-state index is 0.201. The molecular weight excluding hydrogens is 330 g/mol. The summed E-state index contributed by atoms with van der Waals surface area (Å²) in [6, 6.07) is 8.46. The van der Waals surface area contributed by atoms with Gasteiger partial charge in [0.05, 0.1) is 0 Å². The monoisotopic (exact) mass is 349 g/mol. The van der Waals surface area contributed by atoms with E-state index in [1.807, 2.05) is 12.1 Å². The number of H-pyrrole nitrogens is 1. The molecule has 0 amide bonds. The van der Waals surface area contributed by atoms with Crippen molar-refractivity contribution < 1.29 is 0 Å². The second-order valence-corrected chi connectivity index (χ2v) is 6.68. The van der Waals surface area contributed by atoms with E-state index in [0.29, 0.717) is 5.92 Å². The number of halogens is 1. The van der Waals surface area contributed by atoms with Gasteiger partial charge in [-0.1, -0.05) is 35.0 Å². The average molecular weight is 350 g/mol. The molecule has 0 bridgehead atoms. The van der Waals surface area contributed by atoms with Gasteiger partial charge in [0.1, 0.15) is 5.82 Å². The van der Waals surface area contributed by atoms with Gasteiger partial charge in [-0.25, -0.2) is 0 Å². The van der Waals surface area contributed by atoms with Gasteiger partial charge in [-0.3, -0.25) is 5.10 Å². The maximum absolute atomic E-state index is 6.14. The highest BCUT2D eigenvalue weighted by Gasteiger charge is 2.25. The molecule has 2 aromatic rings. The molecule has 5 nitrogen and oxygen atoms in total. The van der Waals surface area contributed by atoms with Crippen LogP contribution in [0.5, 0.6) is 0 Å². The fraction of sp³-hybridized carbons (Fsp3) is 0.467. The van der Waals surface area contributed by atoms with Crippen molar-refractivity contribution in [3.8, 4) is 0 Å². The third kappa shape index (κ3) is 3.44. The number of anilines is 1. The van der Waals surface area contributed by atoms with Gasteiger partial charge in [0, 0.05) is 30.0 Å².